The molecule has 2 rings (SSSR count). The normalized spacial score (nSPS) is 18.4. The summed E-state index contributed by atoms with van der Waals surface area (Å²) in [6, 6.07) is 2.93. The molecule has 0 amide bonds. The summed E-state index contributed by atoms with van der Waals surface area (Å²) < 4.78 is 39.1. The Morgan fingerprint density at radius 2 is 1.85 bits per heavy atom. The highest BCUT2D eigenvalue weighted by Gasteiger charge is 2.40. The van der Waals surface area contributed by atoms with Gasteiger partial charge in [0.05, 0.1) is 5.92 Å². The van der Waals surface area contributed by atoms with Crippen LogP contribution in [0.2, 0.25) is 0 Å². The number of nitrogen functional groups attached to an aromatic ring is 1. The van der Waals surface area contributed by atoms with Crippen molar-refractivity contribution in [1.82, 2.24) is 9.47 Å². The van der Waals surface area contributed by atoms with Gasteiger partial charge >= 0.3 is 6.18 Å². The van der Waals surface area contributed by atoms with E-state index < -0.39 is 12.1 Å². The molecule has 7 heteroatoms. The molecule has 0 radical (unpaired) electrons. The SMILES string of the molecule is Nc1ccc(=O)n(CCN2CCC(C(F)(F)F)CC2)c1. The van der Waals surface area contributed by atoms with Crippen LogP contribution in [0.1, 0.15) is 12.8 Å². The Hall–Kier alpha value is -1.50. The van der Waals surface area contributed by atoms with Crippen molar-refractivity contribution in [3.05, 3.63) is 28.7 Å². The maximum absolute atomic E-state index is 12.5. The van der Waals surface area contributed by atoms with Crippen molar-refractivity contribution in [2.24, 2.45) is 5.92 Å². The van der Waals surface area contributed by atoms with Gasteiger partial charge in [-0.2, -0.15) is 13.2 Å². The maximum atomic E-state index is 12.5. The lowest BCUT2D eigenvalue weighted by Gasteiger charge is -2.32. The number of aromatic nitrogens is 1. The number of nitrogens with zero attached hydrogens (tertiary/aromatic N) is 2. The van der Waals surface area contributed by atoms with Crippen molar-refractivity contribution < 1.29 is 13.2 Å². The second-order valence-corrected chi connectivity index (χ2v) is 5.15. The third-order valence-corrected chi connectivity index (χ3v) is 3.71. The van der Waals surface area contributed by atoms with Crippen LogP contribution in [-0.4, -0.2) is 35.3 Å². The molecule has 4 nitrogen and oxygen atoms in total. The van der Waals surface area contributed by atoms with Gasteiger partial charge in [-0.05, 0) is 32.0 Å². The van der Waals surface area contributed by atoms with Crippen molar-refractivity contribution >= 4 is 5.69 Å². The topological polar surface area (TPSA) is 51.3 Å². The molecule has 1 aliphatic rings. The van der Waals surface area contributed by atoms with Gasteiger partial charge in [-0.1, -0.05) is 0 Å². The number of hydrogen-bond donors (Lipinski definition) is 1. The quantitative estimate of drug-likeness (QED) is 0.921. The lowest BCUT2D eigenvalue weighted by molar-refractivity contribution is -0.185. The number of rotatable bonds is 3. The average molecular weight is 289 g/mol. The van der Waals surface area contributed by atoms with Gasteiger partial charge in [-0.25, -0.2) is 0 Å². The molecular formula is C13H18F3N3O. The standard InChI is InChI=1S/C13H18F3N3O/c14-13(15,16)10-3-5-18(6-4-10)7-8-19-9-11(17)1-2-12(19)20/h1-2,9-10H,3-8,17H2. The number of halogens is 3. The van der Waals surface area contributed by atoms with Crippen molar-refractivity contribution in [3.63, 3.8) is 0 Å². The van der Waals surface area contributed by atoms with Crippen molar-refractivity contribution in [2.75, 3.05) is 25.4 Å². The molecule has 0 bridgehead atoms. The Balaban J connectivity index is 1.85. The largest absolute Gasteiger partial charge is 0.398 e. The van der Waals surface area contributed by atoms with Crippen molar-refractivity contribution in [1.29, 1.82) is 0 Å². The third-order valence-electron chi connectivity index (χ3n) is 3.71. The first-order chi connectivity index (χ1) is 9.36. The smallest absolute Gasteiger partial charge is 0.391 e. The van der Waals surface area contributed by atoms with Gasteiger partial charge in [0.25, 0.3) is 5.56 Å². The zero-order valence-electron chi connectivity index (χ0n) is 11.1. The Bertz CT molecular complexity index is 504. The molecule has 1 saturated heterocycles. The van der Waals surface area contributed by atoms with Crippen LogP contribution in [0.5, 0.6) is 0 Å². The molecule has 1 fully saturated rings. The van der Waals surface area contributed by atoms with E-state index >= 15 is 0 Å². The van der Waals surface area contributed by atoms with E-state index in [9.17, 15) is 18.0 Å². The van der Waals surface area contributed by atoms with Gasteiger partial charge < -0.3 is 15.2 Å². The molecular weight excluding hydrogens is 271 g/mol. The summed E-state index contributed by atoms with van der Waals surface area (Å²) in [7, 11) is 0. The number of likely N-dealkylation sites (tertiary alicyclic amines) is 1. The van der Waals surface area contributed by atoms with Crippen LogP contribution in [0.4, 0.5) is 18.9 Å². The first-order valence-electron chi connectivity index (χ1n) is 6.61. The van der Waals surface area contributed by atoms with E-state index in [1.165, 1.54) is 16.7 Å². The fourth-order valence-electron chi connectivity index (χ4n) is 2.46. The zero-order valence-corrected chi connectivity index (χ0v) is 11.1. The molecule has 2 N–H and O–H groups in total. The van der Waals surface area contributed by atoms with Gasteiger partial charge in [0.2, 0.25) is 0 Å². The number of alkyl halides is 3. The van der Waals surface area contributed by atoms with Gasteiger partial charge in [-0.3, -0.25) is 4.79 Å². The van der Waals surface area contributed by atoms with Crippen molar-refractivity contribution in [3.8, 4) is 0 Å². The molecule has 0 aromatic carbocycles. The summed E-state index contributed by atoms with van der Waals surface area (Å²) in [6.45, 7) is 1.84. The van der Waals surface area contributed by atoms with Crippen LogP contribution >= 0.6 is 0 Å². The van der Waals surface area contributed by atoms with E-state index in [1.54, 1.807) is 6.20 Å². The monoisotopic (exact) mass is 289 g/mol. The zero-order chi connectivity index (χ0) is 14.8. The Kier molecular flexibility index (Phi) is 4.37. The second kappa shape index (κ2) is 5.87. The molecule has 0 saturated carbocycles. The van der Waals surface area contributed by atoms with Crippen LogP contribution in [0.15, 0.2) is 23.1 Å². The van der Waals surface area contributed by atoms with E-state index in [-0.39, 0.29) is 18.4 Å². The molecule has 0 unspecified atom stereocenters. The summed E-state index contributed by atoms with van der Waals surface area (Å²) in [5.74, 6) is -1.19. The van der Waals surface area contributed by atoms with Gasteiger partial charge in [-0.15, -0.1) is 0 Å². The molecule has 0 aliphatic carbocycles. The summed E-state index contributed by atoms with van der Waals surface area (Å²) in [5, 5.41) is 0. The highest BCUT2D eigenvalue weighted by molar-refractivity contribution is 5.33. The Morgan fingerprint density at radius 1 is 1.20 bits per heavy atom. The predicted octanol–water partition coefficient (Wildman–Crippen LogP) is 1.70. The van der Waals surface area contributed by atoms with Gasteiger partial charge in [0.15, 0.2) is 0 Å². The predicted molar refractivity (Wildman–Crippen MR) is 70.3 cm³/mol. The maximum Gasteiger partial charge on any atom is 0.391 e. The molecule has 1 aromatic heterocycles. The van der Waals surface area contributed by atoms with Crippen LogP contribution in [0.3, 0.4) is 0 Å². The highest BCUT2D eigenvalue weighted by Crippen LogP contribution is 2.33. The van der Waals surface area contributed by atoms with Crippen LogP contribution < -0.4 is 11.3 Å². The first kappa shape index (κ1) is 14.9. The lowest BCUT2D eigenvalue weighted by atomic mass is 9.96. The summed E-state index contributed by atoms with van der Waals surface area (Å²) >= 11 is 0. The summed E-state index contributed by atoms with van der Waals surface area (Å²) in [4.78, 5) is 13.5. The number of anilines is 1. The number of hydrogen-bond acceptors (Lipinski definition) is 3. The average Bonchev–Trinajstić information content (AvgIpc) is 2.39. The molecule has 20 heavy (non-hydrogen) atoms. The molecule has 112 valence electrons. The van der Waals surface area contributed by atoms with Crippen LogP contribution in [-0.2, 0) is 6.54 Å². The molecule has 2 heterocycles. The molecule has 1 aromatic rings. The Morgan fingerprint density at radius 3 is 2.45 bits per heavy atom. The minimum atomic E-state index is -4.09. The van der Waals surface area contributed by atoms with Crippen molar-refractivity contribution in [2.45, 2.75) is 25.6 Å². The Labute approximate surface area is 115 Å². The minimum absolute atomic E-state index is 0.134. The number of piperidine rings is 1. The lowest BCUT2D eigenvalue weighted by Crippen LogP contribution is -2.40. The third kappa shape index (κ3) is 3.75. The van der Waals surface area contributed by atoms with E-state index in [4.69, 9.17) is 5.73 Å². The van der Waals surface area contributed by atoms with Gasteiger partial charge in [0, 0.05) is 31.0 Å². The van der Waals surface area contributed by atoms with Gasteiger partial charge in [0.1, 0.15) is 0 Å². The fourth-order valence-corrected chi connectivity index (χ4v) is 2.46. The highest BCUT2D eigenvalue weighted by atomic mass is 19.4. The van der Waals surface area contributed by atoms with Crippen LogP contribution in [0, 0.1) is 5.92 Å². The van der Waals surface area contributed by atoms with E-state index in [1.807, 2.05) is 4.90 Å². The minimum Gasteiger partial charge on any atom is -0.398 e. The first-order valence-corrected chi connectivity index (χ1v) is 6.61. The molecule has 0 spiro atoms. The second-order valence-electron chi connectivity index (χ2n) is 5.15. The number of nitrogens with two attached hydrogens (primary N) is 1. The molecule has 0 atom stereocenters. The number of pyridine rings is 1. The van der Waals surface area contributed by atoms with Crippen LogP contribution in [0.25, 0.3) is 0 Å². The van der Waals surface area contributed by atoms with E-state index in [0.717, 1.165) is 0 Å². The molecule has 1 aliphatic heterocycles. The summed E-state index contributed by atoms with van der Waals surface area (Å²) in [6.07, 6.45) is -2.26. The summed E-state index contributed by atoms with van der Waals surface area (Å²) in [5.41, 5.74) is 5.96. The van der Waals surface area contributed by atoms with E-state index in [2.05, 4.69) is 0 Å². The fraction of sp³-hybridized carbons (Fsp3) is 0.615. The van der Waals surface area contributed by atoms with E-state index in [0.29, 0.717) is 31.9 Å².